The highest BCUT2D eigenvalue weighted by molar-refractivity contribution is 6.05. The van der Waals surface area contributed by atoms with Gasteiger partial charge in [-0.3, -0.25) is 0 Å². The molecule has 0 amide bonds. The Morgan fingerprint density at radius 3 is 2.58 bits per heavy atom. The summed E-state index contributed by atoms with van der Waals surface area (Å²) in [5.41, 5.74) is 1.15. The molecule has 0 saturated carbocycles. The molecule has 0 fully saturated rings. The molecule has 0 aliphatic rings. The van der Waals surface area contributed by atoms with Crippen molar-refractivity contribution in [1.29, 1.82) is 0 Å². The zero-order chi connectivity index (χ0) is 14.0. The van der Waals surface area contributed by atoms with Crippen LogP contribution in [-0.2, 0) is 4.74 Å². The van der Waals surface area contributed by atoms with E-state index < -0.39 is 5.60 Å². The molecular weight excluding hydrogens is 236 g/mol. The number of carbonyl (C=O) groups is 1. The van der Waals surface area contributed by atoms with Crippen molar-refractivity contribution in [2.24, 2.45) is 0 Å². The molecule has 0 unspecified atom stereocenters. The van der Waals surface area contributed by atoms with Crippen LogP contribution < -0.4 is 0 Å². The highest BCUT2D eigenvalue weighted by atomic mass is 16.6. The number of ether oxygens (including phenoxy) is 1. The summed E-state index contributed by atoms with van der Waals surface area (Å²) in [5, 5.41) is 1.92. The second-order valence-electron chi connectivity index (χ2n) is 5.49. The number of fused-ring (bicyclic) bond motifs is 1. The Morgan fingerprint density at radius 2 is 1.95 bits per heavy atom. The number of esters is 1. The quantitative estimate of drug-likeness (QED) is 0.741. The van der Waals surface area contributed by atoms with Crippen molar-refractivity contribution >= 4 is 22.8 Å². The maximum atomic E-state index is 12.2. The van der Waals surface area contributed by atoms with Crippen molar-refractivity contribution in [3.05, 3.63) is 54.1 Å². The molecule has 0 aliphatic heterocycles. The fourth-order valence-corrected chi connectivity index (χ4v) is 1.94. The molecule has 19 heavy (non-hydrogen) atoms. The van der Waals surface area contributed by atoms with Crippen LogP contribution >= 0.6 is 0 Å². The monoisotopic (exact) mass is 254 g/mol. The summed E-state index contributed by atoms with van der Waals surface area (Å²) in [6.07, 6.45) is 1.79. The van der Waals surface area contributed by atoms with Crippen molar-refractivity contribution in [1.82, 2.24) is 0 Å². The summed E-state index contributed by atoms with van der Waals surface area (Å²) in [4.78, 5) is 12.2. The summed E-state index contributed by atoms with van der Waals surface area (Å²) in [7, 11) is 0. The van der Waals surface area contributed by atoms with Gasteiger partial charge in [0.2, 0.25) is 0 Å². The number of rotatable bonds is 2. The first-order valence-corrected chi connectivity index (χ1v) is 6.29. The van der Waals surface area contributed by atoms with E-state index in [1.807, 2.05) is 51.1 Å². The fourth-order valence-electron chi connectivity index (χ4n) is 1.94. The van der Waals surface area contributed by atoms with Crippen LogP contribution in [0.4, 0.5) is 0 Å². The van der Waals surface area contributed by atoms with E-state index in [-0.39, 0.29) is 5.97 Å². The van der Waals surface area contributed by atoms with Crippen molar-refractivity contribution in [3.8, 4) is 0 Å². The number of hydrogen-bond acceptors (Lipinski definition) is 2. The summed E-state index contributed by atoms with van der Waals surface area (Å²) < 4.78 is 5.43. The summed E-state index contributed by atoms with van der Waals surface area (Å²) in [6, 6.07) is 11.5. The Morgan fingerprint density at radius 1 is 1.21 bits per heavy atom. The van der Waals surface area contributed by atoms with Gasteiger partial charge in [-0.2, -0.15) is 0 Å². The fraction of sp³-hybridized carbons (Fsp3) is 0.235. The lowest BCUT2D eigenvalue weighted by Gasteiger charge is -2.20. The van der Waals surface area contributed by atoms with E-state index >= 15 is 0 Å². The van der Waals surface area contributed by atoms with Crippen LogP contribution in [0.2, 0.25) is 0 Å². The molecule has 0 bridgehead atoms. The Balaban J connectivity index is 2.49. The zero-order valence-corrected chi connectivity index (χ0v) is 11.6. The van der Waals surface area contributed by atoms with Gasteiger partial charge < -0.3 is 4.74 Å². The van der Waals surface area contributed by atoms with Crippen LogP contribution in [0.3, 0.4) is 0 Å². The molecule has 2 rings (SSSR count). The topological polar surface area (TPSA) is 26.3 Å². The van der Waals surface area contributed by atoms with E-state index in [9.17, 15) is 4.79 Å². The lowest BCUT2D eigenvalue weighted by molar-refractivity contribution is 0.00719. The molecule has 0 radical (unpaired) electrons. The molecule has 0 heterocycles. The van der Waals surface area contributed by atoms with Crippen LogP contribution in [0.25, 0.3) is 16.8 Å². The van der Waals surface area contributed by atoms with Gasteiger partial charge in [-0.15, -0.1) is 0 Å². The average Bonchev–Trinajstić information content (AvgIpc) is 2.35. The standard InChI is InChI=1S/C17H18O2/c1-5-12-9-10-14-13(11-12)7-6-8-15(14)16(18)19-17(2,3)4/h5-11H,1H2,2-4H3. The van der Waals surface area contributed by atoms with Gasteiger partial charge in [-0.25, -0.2) is 4.79 Å². The van der Waals surface area contributed by atoms with Gasteiger partial charge in [0.15, 0.2) is 0 Å². The largest absolute Gasteiger partial charge is 0.456 e. The average molecular weight is 254 g/mol. The molecule has 0 atom stereocenters. The smallest absolute Gasteiger partial charge is 0.339 e. The Hall–Kier alpha value is -2.09. The third-order valence-electron chi connectivity index (χ3n) is 2.76. The van der Waals surface area contributed by atoms with Crippen molar-refractivity contribution < 1.29 is 9.53 Å². The van der Waals surface area contributed by atoms with Crippen LogP contribution in [-0.4, -0.2) is 11.6 Å². The van der Waals surface area contributed by atoms with Gasteiger partial charge in [0.05, 0.1) is 5.56 Å². The van der Waals surface area contributed by atoms with Gasteiger partial charge in [0.25, 0.3) is 0 Å². The minimum atomic E-state index is -0.486. The molecule has 0 N–H and O–H groups in total. The van der Waals surface area contributed by atoms with Crippen molar-refractivity contribution in [2.45, 2.75) is 26.4 Å². The van der Waals surface area contributed by atoms with E-state index in [1.54, 1.807) is 12.1 Å². The van der Waals surface area contributed by atoms with Gasteiger partial charge in [0, 0.05) is 0 Å². The summed E-state index contributed by atoms with van der Waals surface area (Å²) in [6.45, 7) is 9.35. The third kappa shape index (κ3) is 3.02. The Kier molecular flexibility index (Phi) is 3.43. The molecule has 0 aliphatic carbocycles. The van der Waals surface area contributed by atoms with E-state index in [1.165, 1.54) is 0 Å². The van der Waals surface area contributed by atoms with E-state index in [2.05, 4.69) is 6.58 Å². The predicted molar refractivity (Wildman–Crippen MR) is 79.2 cm³/mol. The number of benzene rings is 2. The summed E-state index contributed by atoms with van der Waals surface area (Å²) >= 11 is 0. The lowest BCUT2D eigenvalue weighted by Crippen LogP contribution is -2.24. The van der Waals surface area contributed by atoms with E-state index in [0.717, 1.165) is 16.3 Å². The Labute approximate surface area is 113 Å². The number of hydrogen-bond donors (Lipinski definition) is 0. The van der Waals surface area contributed by atoms with Gasteiger partial charge in [-0.05, 0) is 49.2 Å². The summed E-state index contributed by atoms with van der Waals surface area (Å²) in [5.74, 6) is -0.288. The maximum Gasteiger partial charge on any atom is 0.339 e. The first kappa shape index (κ1) is 13.3. The normalized spacial score (nSPS) is 11.3. The molecule has 0 saturated heterocycles. The molecule has 98 valence electrons. The van der Waals surface area contributed by atoms with Crippen molar-refractivity contribution in [3.63, 3.8) is 0 Å². The van der Waals surface area contributed by atoms with Gasteiger partial charge >= 0.3 is 5.97 Å². The van der Waals surface area contributed by atoms with Crippen LogP contribution in [0.1, 0.15) is 36.7 Å². The molecule has 2 heteroatoms. The van der Waals surface area contributed by atoms with Gasteiger partial charge in [0.1, 0.15) is 5.60 Å². The van der Waals surface area contributed by atoms with E-state index in [0.29, 0.717) is 5.56 Å². The molecule has 2 aromatic carbocycles. The first-order chi connectivity index (χ1) is 8.90. The minimum Gasteiger partial charge on any atom is -0.456 e. The second kappa shape index (κ2) is 4.88. The SMILES string of the molecule is C=Cc1ccc2c(C(=O)OC(C)(C)C)cccc2c1. The predicted octanol–water partition coefficient (Wildman–Crippen LogP) is 4.44. The van der Waals surface area contributed by atoms with Crippen LogP contribution in [0.5, 0.6) is 0 Å². The maximum absolute atomic E-state index is 12.2. The third-order valence-corrected chi connectivity index (χ3v) is 2.76. The van der Waals surface area contributed by atoms with Crippen LogP contribution in [0, 0.1) is 0 Å². The molecule has 2 nitrogen and oxygen atoms in total. The molecule has 0 spiro atoms. The molecule has 0 aromatic heterocycles. The second-order valence-corrected chi connectivity index (χ2v) is 5.49. The highest BCUT2D eigenvalue weighted by Crippen LogP contribution is 2.23. The van der Waals surface area contributed by atoms with E-state index in [4.69, 9.17) is 4.74 Å². The first-order valence-electron chi connectivity index (χ1n) is 6.29. The molecule has 2 aromatic rings. The van der Waals surface area contributed by atoms with Crippen LogP contribution in [0.15, 0.2) is 43.0 Å². The highest BCUT2D eigenvalue weighted by Gasteiger charge is 2.19. The lowest BCUT2D eigenvalue weighted by atomic mass is 10.0. The van der Waals surface area contributed by atoms with Gasteiger partial charge in [-0.1, -0.05) is 36.9 Å². The minimum absolute atomic E-state index is 0.288. The Bertz CT molecular complexity index is 633. The van der Waals surface area contributed by atoms with Crippen molar-refractivity contribution in [2.75, 3.05) is 0 Å². The number of carbonyl (C=O) groups excluding carboxylic acids is 1. The molecular formula is C17H18O2. The zero-order valence-electron chi connectivity index (χ0n) is 11.6.